The van der Waals surface area contributed by atoms with Gasteiger partial charge in [0, 0.05) is 44.5 Å². The number of nitrogens with zero attached hydrogens (tertiary/aromatic N) is 1. The van der Waals surface area contributed by atoms with Crippen molar-refractivity contribution in [3.05, 3.63) is 89.8 Å². The van der Waals surface area contributed by atoms with Gasteiger partial charge >= 0.3 is 0 Å². The van der Waals surface area contributed by atoms with Crippen molar-refractivity contribution >= 4 is 34.7 Å². The Labute approximate surface area is 200 Å². The van der Waals surface area contributed by atoms with Crippen LogP contribution in [0.1, 0.15) is 18.6 Å². The highest BCUT2D eigenvalue weighted by Crippen LogP contribution is 2.24. The number of benzene rings is 3. The summed E-state index contributed by atoms with van der Waals surface area (Å²) in [5.74, 6) is -0.456. The molecular weight excluding hydrogens is 429 g/mol. The third-order valence-electron chi connectivity index (χ3n) is 5.53. The maximum Gasteiger partial charge on any atom is 0.248 e. The number of carbonyl (C=O) groups is 1. The van der Waals surface area contributed by atoms with Crippen molar-refractivity contribution in [2.75, 3.05) is 47.4 Å². The van der Waals surface area contributed by atoms with Gasteiger partial charge in [-0.25, -0.2) is 4.39 Å². The fourth-order valence-corrected chi connectivity index (χ4v) is 3.69. The molecule has 1 heterocycles. The number of amides is 1. The fraction of sp³-hybridized carbons (Fsp3) is 0.222. The van der Waals surface area contributed by atoms with Crippen LogP contribution in [0.2, 0.25) is 0 Å². The Hall–Kier alpha value is -3.84. The molecule has 178 valence electrons. The number of piperazine rings is 1. The first-order valence-electron chi connectivity index (χ1n) is 11.0. The molecule has 4 rings (SSSR count). The van der Waals surface area contributed by atoms with Crippen LogP contribution in [-0.4, -0.2) is 32.1 Å². The normalized spacial score (nSPS) is 13.4. The van der Waals surface area contributed by atoms with Crippen molar-refractivity contribution in [1.82, 2.24) is 5.32 Å². The molecule has 1 amide bonds. The summed E-state index contributed by atoms with van der Waals surface area (Å²) in [6, 6.07) is 20.3. The van der Waals surface area contributed by atoms with Crippen LogP contribution in [0, 0.1) is 5.82 Å². The molecule has 0 bridgehead atoms. The van der Waals surface area contributed by atoms with Gasteiger partial charge in [0.15, 0.2) is 0 Å². The van der Waals surface area contributed by atoms with Gasteiger partial charge in [-0.05, 0) is 47.5 Å². The second kappa shape index (κ2) is 11.9. The maximum absolute atomic E-state index is 14.6. The van der Waals surface area contributed by atoms with Crippen molar-refractivity contribution in [3.8, 4) is 0 Å². The molecule has 5 N–H and O–H groups in total. The molecule has 34 heavy (non-hydrogen) atoms. The fourth-order valence-electron chi connectivity index (χ4n) is 3.69. The van der Waals surface area contributed by atoms with Crippen molar-refractivity contribution in [2.45, 2.75) is 14.0 Å². The molecule has 0 aromatic heterocycles. The van der Waals surface area contributed by atoms with E-state index in [1.807, 2.05) is 48.5 Å². The number of halogens is 1. The standard InChI is InChI=1S/C26H28FN5O.CH4/c27-22-17-21(10-11-25(22)32-15-13-29-14-16-32)30-18-20-7-5-19(6-8-20)9-12-26(33)31-24-4-2-1-3-23(24)28;/h1-12,17,29-30H,13-16,18,28H2,(H,31,33);1H4/b12-9+;. The SMILES string of the molecule is C.Nc1ccccc1NC(=O)/C=C/c1ccc(CNc2ccc(N3CCNCC3)c(F)c2)cc1. The summed E-state index contributed by atoms with van der Waals surface area (Å²) in [5, 5.41) is 9.31. The lowest BCUT2D eigenvalue weighted by molar-refractivity contribution is -0.111. The van der Waals surface area contributed by atoms with Crippen LogP contribution in [0.4, 0.5) is 27.1 Å². The van der Waals surface area contributed by atoms with Crippen LogP contribution in [0.25, 0.3) is 6.08 Å². The van der Waals surface area contributed by atoms with Crippen molar-refractivity contribution < 1.29 is 9.18 Å². The van der Waals surface area contributed by atoms with E-state index < -0.39 is 0 Å². The summed E-state index contributed by atoms with van der Waals surface area (Å²) < 4.78 is 14.6. The summed E-state index contributed by atoms with van der Waals surface area (Å²) in [4.78, 5) is 14.2. The van der Waals surface area contributed by atoms with Gasteiger partial charge in [0.05, 0.1) is 17.1 Å². The van der Waals surface area contributed by atoms with Crippen molar-refractivity contribution in [3.63, 3.8) is 0 Å². The van der Waals surface area contributed by atoms with Gasteiger partial charge in [0.2, 0.25) is 5.91 Å². The number of hydrogen-bond acceptors (Lipinski definition) is 5. The van der Waals surface area contributed by atoms with Gasteiger partial charge in [0.1, 0.15) is 5.82 Å². The van der Waals surface area contributed by atoms with Gasteiger partial charge in [0.25, 0.3) is 0 Å². The van der Waals surface area contributed by atoms with E-state index >= 15 is 0 Å². The minimum atomic E-state index is -0.245. The molecule has 3 aromatic rings. The molecule has 0 atom stereocenters. The zero-order chi connectivity index (χ0) is 23.0. The van der Waals surface area contributed by atoms with E-state index in [-0.39, 0.29) is 19.2 Å². The van der Waals surface area contributed by atoms with Crippen molar-refractivity contribution in [2.24, 2.45) is 0 Å². The van der Waals surface area contributed by atoms with E-state index in [1.165, 1.54) is 6.08 Å². The number of rotatable bonds is 7. The summed E-state index contributed by atoms with van der Waals surface area (Å²) in [5.41, 5.74) is 10.3. The summed E-state index contributed by atoms with van der Waals surface area (Å²) in [6.45, 7) is 3.94. The molecule has 1 aliphatic rings. The molecule has 0 aliphatic carbocycles. The summed E-state index contributed by atoms with van der Waals surface area (Å²) in [6.07, 6.45) is 3.22. The molecule has 0 saturated carbocycles. The van der Waals surface area contributed by atoms with Crippen molar-refractivity contribution in [1.29, 1.82) is 0 Å². The van der Waals surface area contributed by atoms with Gasteiger partial charge in [-0.2, -0.15) is 0 Å². The largest absolute Gasteiger partial charge is 0.397 e. The lowest BCUT2D eigenvalue weighted by Gasteiger charge is -2.29. The molecule has 0 spiro atoms. The predicted octanol–water partition coefficient (Wildman–Crippen LogP) is 4.72. The van der Waals surface area contributed by atoms with E-state index in [9.17, 15) is 9.18 Å². The third-order valence-corrected chi connectivity index (χ3v) is 5.53. The van der Waals surface area contributed by atoms with Crippen LogP contribution in [-0.2, 0) is 11.3 Å². The quantitative estimate of drug-likeness (QED) is 0.302. The van der Waals surface area contributed by atoms with Gasteiger partial charge < -0.3 is 26.6 Å². The Morgan fingerprint density at radius 3 is 2.50 bits per heavy atom. The molecule has 1 aliphatic heterocycles. The lowest BCUT2D eigenvalue weighted by Crippen LogP contribution is -2.43. The molecule has 1 saturated heterocycles. The highest BCUT2D eigenvalue weighted by Gasteiger charge is 2.14. The first kappa shape index (κ1) is 24.8. The van der Waals surface area contributed by atoms with E-state index in [1.54, 1.807) is 24.3 Å². The number of carbonyl (C=O) groups excluding carboxylic acids is 1. The number of hydrogen-bond donors (Lipinski definition) is 4. The molecule has 1 fully saturated rings. The van der Waals surface area contributed by atoms with Crippen LogP contribution < -0.4 is 26.6 Å². The molecular formula is C27H32FN5O. The predicted molar refractivity (Wildman–Crippen MR) is 141 cm³/mol. The summed E-state index contributed by atoms with van der Waals surface area (Å²) >= 11 is 0. The first-order chi connectivity index (χ1) is 16.1. The molecule has 0 radical (unpaired) electrons. The van der Waals surface area contributed by atoms with E-state index in [4.69, 9.17) is 5.73 Å². The minimum Gasteiger partial charge on any atom is -0.397 e. The number of nitrogens with two attached hydrogens (primary N) is 1. The van der Waals surface area contributed by atoms with Crippen LogP contribution >= 0.6 is 0 Å². The second-order valence-corrected chi connectivity index (χ2v) is 7.91. The minimum absolute atomic E-state index is 0. The van der Waals surface area contributed by atoms with Gasteiger partial charge in [-0.15, -0.1) is 0 Å². The Morgan fingerprint density at radius 2 is 1.79 bits per heavy atom. The molecule has 0 unspecified atom stereocenters. The smallest absolute Gasteiger partial charge is 0.248 e. The monoisotopic (exact) mass is 461 g/mol. The van der Waals surface area contributed by atoms with Gasteiger partial charge in [-0.1, -0.05) is 43.8 Å². The van der Waals surface area contributed by atoms with Crippen LogP contribution in [0.15, 0.2) is 72.8 Å². The number of nitrogens with one attached hydrogen (secondary N) is 3. The van der Waals surface area contributed by atoms with E-state index in [0.29, 0.717) is 23.6 Å². The third kappa shape index (κ3) is 6.59. The zero-order valence-electron chi connectivity index (χ0n) is 18.4. The van der Waals surface area contributed by atoms with E-state index in [2.05, 4.69) is 20.9 Å². The van der Waals surface area contributed by atoms with Crippen LogP contribution in [0.5, 0.6) is 0 Å². The Balaban J connectivity index is 0.00000324. The molecule has 7 heteroatoms. The highest BCUT2D eigenvalue weighted by molar-refractivity contribution is 6.03. The van der Waals surface area contributed by atoms with Gasteiger partial charge in [-0.3, -0.25) is 4.79 Å². The van der Waals surface area contributed by atoms with Crippen LogP contribution in [0.3, 0.4) is 0 Å². The van der Waals surface area contributed by atoms with E-state index in [0.717, 1.165) is 43.0 Å². The average molecular weight is 462 g/mol. The molecule has 3 aromatic carbocycles. The summed E-state index contributed by atoms with van der Waals surface area (Å²) in [7, 11) is 0. The number of anilines is 4. The Morgan fingerprint density at radius 1 is 1.06 bits per heavy atom. The Kier molecular flexibility index (Phi) is 8.65. The lowest BCUT2D eigenvalue weighted by atomic mass is 10.1. The molecule has 6 nitrogen and oxygen atoms in total. The highest BCUT2D eigenvalue weighted by atomic mass is 19.1. The number of nitrogen functional groups attached to an aromatic ring is 1. The average Bonchev–Trinajstić information content (AvgIpc) is 2.84. The Bertz CT molecular complexity index is 1120. The number of para-hydroxylation sites is 2. The zero-order valence-corrected chi connectivity index (χ0v) is 18.4. The first-order valence-corrected chi connectivity index (χ1v) is 11.0. The topological polar surface area (TPSA) is 82.4 Å². The maximum atomic E-state index is 14.6. The second-order valence-electron chi connectivity index (χ2n) is 7.91.